The van der Waals surface area contributed by atoms with Gasteiger partial charge in [0, 0.05) is 17.6 Å². The molecule has 0 saturated carbocycles. The van der Waals surface area contributed by atoms with Crippen LogP contribution in [0.25, 0.3) is 0 Å². The van der Waals surface area contributed by atoms with E-state index in [2.05, 4.69) is 15.9 Å². The van der Waals surface area contributed by atoms with Crippen molar-refractivity contribution in [2.24, 2.45) is 11.8 Å². The Morgan fingerprint density at radius 1 is 1.17 bits per heavy atom. The minimum Gasteiger partial charge on any atom is -0.460 e. The number of likely N-dealkylation sites (tertiary alicyclic amines) is 1. The molecular formula is C23H34BrNO5. The molecule has 168 valence electrons. The number of rotatable bonds is 5. The van der Waals surface area contributed by atoms with Gasteiger partial charge in [0.25, 0.3) is 0 Å². The van der Waals surface area contributed by atoms with Gasteiger partial charge in [0.05, 0.1) is 12.5 Å². The molecule has 1 fully saturated rings. The summed E-state index contributed by atoms with van der Waals surface area (Å²) in [7, 11) is 0. The summed E-state index contributed by atoms with van der Waals surface area (Å²) in [6.45, 7) is 12.0. The fraction of sp³-hybridized carbons (Fsp3) is 0.652. The number of nitrogens with zero attached hydrogens (tertiary/aromatic N) is 1. The topological polar surface area (TPSA) is 76.1 Å². The summed E-state index contributed by atoms with van der Waals surface area (Å²) in [6.07, 6.45) is 0.827. The molecule has 1 aliphatic heterocycles. The van der Waals surface area contributed by atoms with E-state index < -0.39 is 17.1 Å². The van der Waals surface area contributed by atoms with Crippen LogP contribution in [0.4, 0.5) is 4.79 Å². The Bertz CT molecular complexity index is 766. The fourth-order valence-electron chi connectivity index (χ4n) is 3.55. The molecule has 30 heavy (non-hydrogen) atoms. The lowest BCUT2D eigenvalue weighted by Crippen LogP contribution is -2.38. The van der Waals surface area contributed by atoms with Crippen LogP contribution in [0, 0.1) is 11.8 Å². The summed E-state index contributed by atoms with van der Waals surface area (Å²) in [4.78, 5) is 27.2. The van der Waals surface area contributed by atoms with E-state index in [-0.39, 0.29) is 24.6 Å². The zero-order valence-electron chi connectivity index (χ0n) is 18.8. The molecule has 1 aromatic carbocycles. The number of hydrogen-bond donors (Lipinski definition) is 1. The highest BCUT2D eigenvalue weighted by molar-refractivity contribution is 9.10. The van der Waals surface area contributed by atoms with E-state index in [1.165, 1.54) is 0 Å². The number of amides is 1. The highest BCUT2D eigenvalue weighted by Gasteiger charge is 2.39. The first-order valence-corrected chi connectivity index (χ1v) is 11.2. The van der Waals surface area contributed by atoms with E-state index in [0.717, 1.165) is 15.6 Å². The van der Waals surface area contributed by atoms with Crippen molar-refractivity contribution in [1.29, 1.82) is 0 Å². The number of benzene rings is 1. The first-order chi connectivity index (χ1) is 13.8. The molecule has 2 atom stereocenters. The summed E-state index contributed by atoms with van der Waals surface area (Å²) in [5.41, 5.74) is 0.573. The van der Waals surface area contributed by atoms with Gasteiger partial charge in [-0.2, -0.15) is 0 Å². The molecule has 0 spiro atoms. The normalized spacial score (nSPS) is 18.3. The highest BCUT2D eigenvalue weighted by atomic mass is 79.9. The molecule has 0 unspecified atom stereocenters. The molecule has 0 aliphatic carbocycles. The zero-order chi connectivity index (χ0) is 22.7. The summed E-state index contributed by atoms with van der Waals surface area (Å²) in [5.74, 6) is -0.696. The Kier molecular flexibility index (Phi) is 7.97. The molecule has 1 aliphatic rings. The highest BCUT2D eigenvalue weighted by Crippen LogP contribution is 2.32. The lowest BCUT2D eigenvalue weighted by molar-refractivity contribution is -0.161. The molecular weight excluding hydrogens is 450 g/mol. The Balaban J connectivity index is 2.23. The second-order valence-corrected chi connectivity index (χ2v) is 10.8. The molecule has 1 N–H and O–H groups in total. The van der Waals surface area contributed by atoms with E-state index in [1.54, 1.807) is 4.90 Å². The van der Waals surface area contributed by atoms with E-state index >= 15 is 0 Å². The van der Waals surface area contributed by atoms with Crippen LogP contribution in [0.5, 0.6) is 0 Å². The number of esters is 1. The van der Waals surface area contributed by atoms with Crippen LogP contribution < -0.4 is 0 Å². The van der Waals surface area contributed by atoms with Gasteiger partial charge in [0.2, 0.25) is 0 Å². The van der Waals surface area contributed by atoms with Crippen LogP contribution in [0.15, 0.2) is 22.7 Å². The molecule has 0 radical (unpaired) electrons. The quantitative estimate of drug-likeness (QED) is 0.614. The maximum atomic E-state index is 13.1. The lowest BCUT2D eigenvalue weighted by atomic mass is 9.85. The van der Waals surface area contributed by atoms with E-state index in [4.69, 9.17) is 9.47 Å². The maximum absolute atomic E-state index is 13.1. The van der Waals surface area contributed by atoms with Gasteiger partial charge in [0.15, 0.2) is 0 Å². The summed E-state index contributed by atoms with van der Waals surface area (Å²) >= 11 is 3.56. The van der Waals surface area contributed by atoms with Gasteiger partial charge in [-0.25, -0.2) is 4.79 Å². The monoisotopic (exact) mass is 483 g/mol. The van der Waals surface area contributed by atoms with Crippen molar-refractivity contribution in [2.75, 3.05) is 13.1 Å². The summed E-state index contributed by atoms with van der Waals surface area (Å²) in [6, 6.07) is 5.63. The Morgan fingerprint density at radius 3 is 2.37 bits per heavy atom. The van der Waals surface area contributed by atoms with Crippen molar-refractivity contribution in [3.8, 4) is 0 Å². The average Bonchev–Trinajstić information content (AvgIpc) is 3.07. The second-order valence-electron chi connectivity index (χ2n) is 9.90. The van der Waals surface area contributed by atoms with Crippen LogP contribution in [-0.4, -0.2) is 46.4 Å². The van der Waals surface area contributed by atoms with Gasteiger partial charge in [-0.1, -0.05) is 28.1 Å². The largest absolute Gasteiger partial charge is 0.460 e. The van der Waals surface area contributed by atoms with Crippen LogP contribution in [-0.2, 0) is 27.3 Å². The number of carbonyl (C=O) groups is 2. The van der Waals surface area contributed by atoms with Gasteiger partial charge in [-0.05, 0) is 77.5 Å². The first kappa shape index (κ1) is 24.7. The minimum atomic E-state index is -0.594. The van der Waals surface area contributed by atoms with Crippen molar-refractivity contribution < 1.29 is 24.2 Å². The Hall–Kier alpha value is -1.60. The number of halogens is 1. The smallest absolute Gasteiger partial charge is 0.410 e. The standard InChI is InChI=1S/C23H34BrNO5/c1-22(2,3)29-20(27)18(12-17-11-15(14-26)7-8-19(17)24)16-9-10-25(13-16)21(28)30-23(4,5)6/h7-8,11,16,18,26H,9-10,12-14H2,1-6H3/t16-,18-/m0/s1. The molecule has 1 amide bonds. The van der Waals surface area contributed by atoms with Gasteiger partial charge < -0.3 is 19.5 Å². The van der Waals surface area contributed by atoms with Crippen molar-refractivity contribution >= 4 is 28.0 Å². The van der Waals surface area contributed by atoms with Gasteiger partial charge in [0.1, 0.15) is 11.2 Å². The minimum absolute atomic E-state index is 0.0305. The number of aliphatic hydroxyl groups excluding tert-OH is 1. The predicted molar refractivity (Wildman–Crippen MR) is 119 cm³/mol. The van der Waals surface area contributed by atoms with Crippen molar-refractivity contribution in [3.05, 3.63) is 33.8 Å². The molecule has 1 heterocycles. The van der Waals surface area contributed by atoms with Gasteiger partial charge >= 0.3 is 12.1 Å². The van der Waals surface area contributed by atoms with Crippen LogP contribution in [0.2, 0.25) is 0 Å². The second kappa shape index (κ2) is 9.69. The van der Waals surface area contributed by atoms with Crippen molar-refractivity contribution in [1.82, 2.24) is 4.90 Å². The molecule has 1 aromatic rings. The number of aliphatic hydroxyl groups is 1. The van der Waals surface area contributed by atoms with Crippen LogP contribution in [0.1, 0.15) is 59.1 Å². The molecule has 0 aromatic heterocycles. The zero-order valence-corrected chi connectivity index (χ0v) is 20.4. The molecule has 1 saturated heterocycles. The molecule has 0 bridgehead atoms. The summed E-state index contributed by atoms with van der Waals surface area (Å²) in [5, 5.41) is 9.48. The van der Waals surface area contributed by atoms with E-state index in [1.807, 2.05) is 59.7 Å². The third kappa shape index (κ3) is 7.27. The number of carbonyl (C=O) groups excluding carboxylic acids is 2. The van der Waals surface area contributed by atoms with Crippen LogP contribution >= 0.6 is 15.9 Å². The van der Waals surface area contributed by atoms with Gasteiger partial charge in [-0.3, -0.25) is 4.79 Å². The number of hydrogen-bond acceptors (Lipinski definition) is 5. The van der Waals surface area contributed by atoms with Crippen LogP contribution in [0.3, 0.4) is 0 Å². The third-order valence-electron chi connectivity index (χ3n) is 4.89. The molecule has 7 heteroatoms. The SMILES string of the molecule is CC(C)(C)OC(=O)[C@@H](Cc1cc(CO)ccc1Br)[C@H]1CCN(C(=O)OC(C)(C)C)C1. The van der Waals surface area contributed by atoms with E-state index in [9.17, 15) is 14.7 Å². The van der Waals surface area contributed by atoms with E-state index in [0.29, 0.717) is 25.9 Å². The lowest BCUT2D eigenvalue weighted by Gasteiger charge is -2.28. The maximum Gasteiger partial charge on any atom is 0.410 e. The first-order valence-electron chi connectivity index (χ1n) is 10.4. The Labute approximate surface area is 188 Å². The Morgan fingerprint density at radius 2 is 1.80 bits per heavy atom. The molecule has 6 nitrogen and oxygen atoms in total. The van der Waals surface area contributed by atoms with Crippen molar-refractivity contribution in [3.63, 3.8) is 0 Å². The number of ether oxygens (including phenoxy) is 2. The third-order valence-corrected chi connectivity index (χ3v) is 5.66. The van der Waals surface area contributed by atoms with Crippen molar-refractivity contribution in [2.45, 2.75) is 72.2 Å². The van der Waals surface area contributed by atoms with Gasteiger partial charge in [-0.15, -0.1) is 0 Å². The predicted octanol–water partition coefficient (Wildman–Crippen LogP) is 4.70. The fourth-order valence-corrected chi connectivity index (χ4v) is 3.96. The molecule has 2 rings (SSSR count). The average molecular weight is 484 g/mol. The summed E-state index contributed by atoms with van der Waals surface area (Å²) < 4.78 is 12.1.